The van der Waals surface area contributed by atoms with E-state index in [4.69, 9.17) is 15.2 Å². The number of nitrogens with two attached hydrogens (primary N) is 1. The van der Waals surface area contributed by atoms with Crippen LogP contribution in [0.4, 0.5) is 0 Å². The van der Waals surface area contributed by atoms with Crippen molar-refractivity contribution in [2.24, 2.45) is 11.7 Å². The Kier molecular flexibility index (Phi) is 9.11. The largest absolute Gasteiger partial charge is 0.491 e. The predicted octanol–water partition coefficient (Wildman–Crippen LogP) is 2.77. The van der Waals surface area contributed by atoms with Crippen LogP contribution in [0, 0.1) is 5.92 Å². The molecule has 3 N–H and O–H groups in total. The molecule has 1 aromatic carbocycles. The normalized spacial score (nSPS) is 18.1. The van der Waals surface area contributed by atoms with Crippen molar-refractivity contribution >= 4 is 18.3 Å². The lowest BCUT2D eigenvalue weighted by Crippen LogP contribution is -2.41. The smallest absolute Gasteiger partial charge is 0.251 e. The van der Waals surface area contributed by atoms with E-state index in [1.165, 1.54) is 0 Å². The van der Waals surface area contributed by atoms with E-state index in [1.807, 2.05) is 12.1 Å². The van der Waals surface area contributed by atoms with Crippen LogP contribution in [0.15, 0.2) is 24.3 Å². The van der Waals surface area contributed by atoms with Crippen molar-refractivity contribution in [1.82, 2.24) is 5.32 Å². The molecule has 24 heavy (non-hydrogen) atoms. The molecule has 5 nitrogen and oxygen atoms in total. The van der Waals surface area contributed by atoms with Crippen LogP contribution in [0.5, 0.6) is 5.75 Å². The molecule has 1 saturated heterocycles. The Morgan fingerprint density at radius 1 is 1.46 bits per heavy atom. The highest BCUT2D eigenvalue weighted by Gasteiger charge is 2.17. The van der Waals surface area contributed by atoms with Crippen molar-refractivity contribution in [2.75, 3.05) is 19.8 Å². The molecular weight excluding hydrogens is 328 g/mol. The van der Waals surface area contributed by atoms with Gasteiger partial charge in [0, 0.05) is 24.8 Å². The fourth-order valence-corrected chi connectivity index (χ4v) is 2.74. The molecule has 0 aliphatic carbocycles. The van der Waals surface area contributed by atoms with E-state index in [9.17, 15) is 4.79 Å². The van der Waals surface area contributed by atoms with Crippen molar-refractivity contribution in [3.05, 3.63) is 29.8 Å². The van der Waals surface area contributed by atoms with Crippen LogP contribution in [0.25, 0.3) is 0 Å². The van der Waals surface area contributed by atoms with Gasteiger partial charge in [0.15, 0.2) is 0 Å². The van der Waals surface area contributed by atoms with E-state index in [2.05, 4.69) is 19.2 Å². The average Bonchev–Trinajstić information content (AvgIpc) is 3.05. The number of ether oxygens (including phenoxy) is 2. The van der Waals surface area contributed by atoms with Crippen LogP contribution < -0.4 is 15.8 Å². The number of hydrogen-bond acceptors (Lipinski definition) is 4. The second-order valence-corrected chi connectivity index (χ2v) is 6.51. The van der Waals surface area contributed by atoms with Gasteiger partial charge in [0.25, 0.3) is 5.91 Å². The lowest BCUT2D eigenvalue weighted by Gasteiger charge is -2.19. The summed E-state index contributed by atoms with van der Waals surface area (Å²) in [6.45, 7) is 6.03. The van der Waals surface area contributed by atoms with Crippen LogP contribution in [0.2, 0.25) is 0 Å². The number of halogens is 1. The maximum absolute atomic E-state index is 12.4. The molecule has 136 valence electrons. The Bertz CT molecular complexity index is 505. The van der Waals surface area contributed by atoms with E-state index >= 15 is 0 Å². The number of amides is 1. The van der Waals surface area contributed by atoms with Gasteiger partial charge in [-0.3, -0.25) is 4.79 Å². The van der Waals surface area contributed by atoms with Gasteiger partial charge in [0.2, 0.25) is 0 Å². The summed E-state index contributed by atoms with van der Waals surface area (Å²) in [5, 5.41) is 2.99. The number of carbonyl (C=O) groups excluding carboxylic acids is 1. The lowest BCUT2D eigenvalue weighted by molar-refractivity contribution is 0.0679. The van der Waals surface area contributed by atoms with Crippen LogP contribution in [-0.4, -0.2) is 37.8 Å². The summed E-state index contributed by atoms with van der Waals surface area (Å²) in [5.41, 5.74) is 6.34. The topological polar surface area (TPSA) is 73.6 Å². The number of hydrogen-bond donors (Lipinski definition) is 2. The van der Waals surface area contributed by atoms with Crippen molar-refractivity contribution in [1.29, 1.82) is 0 Å². The number of rotatable bonds is 8. The van der Waals surface area contributed by atoms with Gasteiger partial charge in [-0.1, -0.05) is 19.9 Å². The van der Waals surface area contributed by atoms with E-state index in [-0.39, 0.29) is 30.5 Å². The summed E-state index contributed by atoms with van der Waals surface area (Å²) in [7, 11) is 0. The molecule has 0 spiro atoms. The zero-order valence-corrected chi connectivity index (χ0v) is 15.3. The Hall–Kier alpha value is -1.30. The van der Waals surface area contributed by atoms with Gasteiger partial charge >= 0.3 is 0 Å². The average molecular weight is 357 g/mol. The van der Waals surface area contributed by atoms with Gasteiger partial charge in [-0.2, -0.15) is 0 Å². The van der Waals surface area contributed by atoms with E-state index in [0.29, 0.717) is 30.4 Å². The van der Waals surface area contributed by atoms with Crippen LogP contribution in [0.1, 0.15) is 43.5 Å². The van der Waals surface area contributed by atoms with Gasteiger partial charge in [0.05, 0.1) is 6.10 Å². The van der Waals surface area contributed by atoms with Gasteiger partial charge in [-0.15, -0.1) is 12.4 Å². The third kappa shape index (κ3) is 6.67. The molecule has 1 amide bonds. The minimum absolute atomic E-state index is 0. The van der Waals surface area contributed by atoms with Crippen LogP contribution in [0.3, 0.4) is 0 Å². The van der Waals surface area contributed by atoms with E-state index < -0.39 is 0 Å². The van der Waals surface area contributed by atoms with Crippen LogP contribution in [-0.2, 0) is 4.74 Å². The summed E-state index contributed by atoms with van der Waals surface area (Å²) in [5.74, 6) is 1.08. The highest BCUT2D eigenvalue weighted by atomic mass is 35.5. The Balaban J connectivity index is 0.00000288. The summed E-state index contributed by atoms with van der Waals surface area (Å²) >= 11 is 0. The molecule has 1 aliphatic rings. The molecule has 1 aromatic rings. The standard InChI is InChI=1S/C18H28N2O3.ClH/c1-13(2)9-15(11-19)20-18(21)14-5-3-6-16(10-14)23-12-17-7-4-8-22-17;/h3,5-6,10,13,15,17H,4,7-9,11-12,19H2,1-2H3,(H,20,21);1H. The predicted molar refractivity (Wildman–Crippen MR) is 97.9 cm³/mol. The fraction of sp³-hybridized carbons (Fsp3) is 0.611. The van der Waals surface area contributed by atoms with Gasteiger partial charge < -0.3 is 20.5 Å². The molecule has 1 heterocycles. The third-order valence-corrected chi connectivity index (χ3v) is 3.93. The maximum atomic E-state index is 12.4. The SMILES string of the molecule is CC(C)CC(CN)NC(=O)c1cccc(OCC2CCCO2)c1.Cl. The van der Waals surface area contributed by atoms with Crippen molar-refractivity contribution in [2.45, 2.75) is 45.3 Å². The molecule has 1 fully saturated rings. The lowest BCUT2D eigenvalue weighted by atomic mass is 10.0. The van der Waals surface area contributed by atoms with Crippen LogP contribution >= 0.6 is 12.4 Å². The summed E-state index contributed by atoms with van der Waals surface area (Å²) in [4.78, 5) is 12.4. The van der Waals surface area contributed by atoms with Gasteiger partial charge in [0.1, 0.15) is 12.4 Å². The Labute approximate surface area is 150 Å². The summed E-state index contributed by atoms with van der Waals surface area (Å²) in [6.07, 6.45) is 3.16. The first-order valence-electron chi connectivity index (χ1n) is 8.44. The quantitative estimate of drug-likeness (QED) is 0.751. The molecular formula is C18H29ClN2O3. The molecule has 2 unspecified atom stereocenters. The van der Waals surface area contributed by atoms with Crippen molar-refractivity contribution in [3.63, 3.8) is 0 Å². The molecule has 0 bridgehead atoms. The molecule has 6 heteroatoms. The summed E-state index contributed by atoms with van der Waals surface area (Å²) < 4.78 is 11.3. The highest BCUT2D eigenvalue weighted by Crippen LogP contribution is 2.17. The molecule has 1 aliphatic heterocycles. The number of benzene rings is 1. The first-order valence-corrected chi connectivity index (χ1v) is 8.44. The molecule has 0 saturated carbocycles. The van der Waals surface area contributed by atoms with Gasteiger partial charge in [-0.25, -0.2) is 0 Å². The maximum Gasteiger partial charge on any atom is 0.251 e. The third-order valence-electron chi connectivity index (χ3n) is 3.93. The second-order valence-electron chi connectivity index (χ2n) is 6.51. The molecule has 0 aromatic heterocycles. The molecule has 2 rings (SSSR count). The fourth-order valence-electron chi connectivity index (χ4n) is 2.74. The van der Waals surface area contributed by atoms with Crippen molar-refractivity contribution < 1.29 is 14.3 Å². The van der Waals surface area contributed by atoms with E-state index in [0.717, 1.165) is 25.9 Å². The summed E-state index contributed by atoms with van der Waals surface area (Å²) in [6, 6.07) is 7.25. The Morgan fingerprint density at radius 2 is 2.25 bits per heavy atom. The monoisotopic (exact) mass is 356 g/mol. The molecule has 0 radical (unpaired) electrons. The first kappa shape index (κ1) is 20.7. The Morgan fingerprint density at radius 3 is 2.88 bits per heavy atom. The minimum atomic E-state index is -0.108. The van der Waals surface area contributed by atoms with E-state index in [1.54, 1.807) is 12.1 Å². The zero-order chi connectivity index (χ0) is 16.7. The minimum Gasteiger partial charge on any atom is -0.491 e. The highest BCUT2D eigenvalue weighted by molar-refractivity contribution is 5.94. The number of carbonyl (C=O) groups is 1. The second kappa shape index (κ2) is 10.5. The molecule has 2 atom stereocenters. The number of nitrogens with one attached hydrogen (secondary N) is 1. The first-order chi connectivity index (χ1) is 11.1. The zero-order valence-electron chi connectivity index (χ0n) is 14.5. The van der Waals surface area contributed by atoms with Crippen molar-refractivity contribution in [3.8, 4) is 5.75 Å². The van der Waals surface area contributed by atoms with Gasteiger partial charge in [-0.05, 0) is 43.4 Å².